The van der Waals surface area contributed by atoms with Crippen molar-refractivity contribution in [1.29, 1.82) is 0 Å². The lowest BCUT2D eigenvalue weighted by molar-refractivity contribution is -0.121. The lowest BCUT2D eigenvalue weighted by Crippen LogP contribution is -2.40. The fourth-order valence-corrected chi connectivity index (χ4v) is 4.63. The Labute approximate surface area is 207 Å². The van der Waals surface area contributed by atoms with Gasteiger partial charge in [0, 0.05) is 24.0 Å². The predicted molar refractivity (Wildman–Crippen MR) is 136 cm³/mol. The van der Waals surface area contributed by atoms with Crippen molar-refractivity contribution in [2.24, 2.45) is 0 Å². The molecule has 0 bridgehead atoms. The Morgan fingerprint density at radius 3 is 2.54 bits per heavy atom. The number of thiophene rings is 1. The Morgan fingerprint density at radius 1 is 1.17 bits per heavy atom. The second-order valence-electron chi connectivity index (χ2n) is 8.61. The number of hydrogen-bond donors (Lipinski definition) is 1. The molecule has 0 atom stereocenters. The van der Waals surface area contributed by atoms with Crippen molar-refractivity contribution in [2.45, 2.75) is 40.3 Å². The molecular weight excluding hydrogens is 465 g/mol. The maximum atomic E-state index is 13.6. The lowest BCUT2D eigenvalue weighted by atomic mass is 10.1. The van der Waals surface area contributed by atoms with Gasteiger partial charge in [0.15, 0.2) is 5.65 Å². The summed E-state index contributed by atoms with van der Waals surface area (Å²) in [7, 11) is 0. The van der Waals surface area contributed by atoms with Gasteiger partial charge in [-0.25, -0.2) is 14.1 Å². The van der Waals surface area contributed by atoms with Gasteiger partial charge in [-0.15, -0.1) is 11.3 Å². The molecule has 0 aliphatic heterocycles. The second-order valence-corrected chi connectivity index (χ2v) is 9.90. The molecule has 7 nitrogen and oxygen atoms in total. The number of halogens is 1. The van der Waals surface area contributed by atoms with Crippen LogP contribution in [0.5, 0.6) is 0 Å². The van der Waals surface area contributed by atoms with E-state index in [1.165, 1.54) is 17.0 Å². The highest BCUT2D eigenvalue weighted by atomic mass is 32.1. The number of nitrogens with zero attached hydrogens (tertiary/aromatic N) is 4. The van der Waals surface area contributed by atoms with Crippen molar-refractivity contribution in [1.82, 2.24) is 25.0 Å². The number of benzene rings is 1. The van der Waals surface area contributed by atoms with Crippen LogP contribution in [0.25, 0.3) is 21.6 Å². The summed E-state index contributed by atoms with van der Waals surface area (Å²) in [6.45, 7) is 8.42. The number of carbonyl (C=O) groups excluding carboxylic acids is 2. The molecule has 35 heavy (non-hydrogen) atoms. The minimum Gasteiger partial charge on any atom is -0.350 e. The molecule has 0 aliphatic rings. The van der Waals surface area contributed by atoms with Crippen molar-refractivity contribution in [3.8, 4) is 10.6 Å². The summed E-state index contributed by atoms with van der Waals surface area (Å²) in [5.74, 6) is -0.874. The van der Waals surface area contributed by atoms with Crippen molar-refractivity contribution in [2.75, 3.05) is 13.1 Å². The Kier molecular flexibility index (Phi) is 7.25. The van der Waals surface area contributed by atoms with Crippen LogP contribution in [0.2, 0.25) is 0 Å². The van der Waals surface area contributed by atoms with Gasteiger partial charge < -0.3 is 10.2 Å². The Balaban J connectivity index is 1.61. The van der Waals surface area contributed by atoms with Gasteiger partial charge in [0.2, 0.25) is 5.91 Å². The number of rotatable bonds is 8. The van der Waals surface area contributed by atoms with E-state index in [0.29, 0.717) is 28.8 Å². The molecule has 0 saturated carbocycles. The van der Waals surface area contributed by atoms with Crippen molar-refractivity contribution < 1.29 is 14.0 Å². The minimum absolute atomic E-state index is 0.0720. The van der Waals surface area contributed by atoms with E-state index in [4.69, 9.17) is 4.98 Å². The van der Waals surface area contributed by atoms with Crippen molar-refractivity contribution in [3.05, 3.63) is 70.5 Å². The van der Waals surface area contributed by atoms with Crippen LogP contribution in [0.3, 0.4) is 0 Å². The maximum absolute atomic E-state index is 13.6. The van der Waals surface area contributed by atoms with Crippen LogP contribution in [0.4, 0.5) is 4.39 Å². The minimum atomic E-state index is -0.329. The molecule has 2 amide bonds. The molecule has 3 aromatic heterocycles. The van der Waals surface area contributed by atoms with E-state index in [1.807, 2.05) is 44.5 Å². The molecule has 0 fully saturated rings. The summed E-state index contributed by atoms with van der Waals surface area (Å²) in [5, 5.41) is 7.94. The third kappa shape index (κ3) is 5.40. The van der Waals surface area contributed by atoms with Crippen LogP contribution in [0, 0.1) is 12.7 Å². The van der Waals surface area contributed by atoms with Crippen LogP contribution >= 0.6 is 11.3 Å². The summed E-state index contributed by atoms with van der Waals surface area (Å²) < 4.78 is 14.9. The van der Waals surface area contributed by atoms with Crippen LogP contribution < -0.4 is 5.32 Å². The topological polar surface area (TPSA) is 80.1 Å². The molecular formula is C26H28FN5O2S. The molecule has 182 valence electrons. The molecule has 3 heterocycles. The van der Waals surface area contributed by atoms with Crippen LogP contribution in [-0.2, 0) is 11.3 Å². The average Bonchev–Trinajstić information content (AvgIpc) is 3.47. The number of hydrogen-bond acceptors (Lipinski definition) is 5. The SMILES string of the molecule is CCN(CC(=O)NCc1ccc(F)cc1)C(=O)c1cc(-c2ccc(C)s2)nc2c1cnn2C(C)C. The van der Waals surface area contributed by atoms with E-state index in [2.05, 4.69) is 10.4 Å². The number of carbonyl (C=O) groups is 2. The third-order valence-corrected chi connectivity index (χ3v) is 6.71. The first kappa shape index (κ1) is 24.5. The molecule has 9 heteroatoms. The summed E-state index contributed by atoms with van der Waals surface area (Å²) in [6, 6.07) is 11.8. The maximum Gasteiger partial charge on any atom is 0.255 e. The number of pyridine rings is 1. The second kappa shape index (κ2) is 10.4. The molecule has 0 saturated heterocycles. The molecule has 1 aromatic carbocycles. The average molecular weight is 494 g/mol. The standard InChI is InChI=1S/C26H28FN5O2S/c1-5-31(15-24(33)28-13-18-7-9-19(27)10-8-18)26(34)20-12-22(23-11-6-17(4)35-23)30-25-21(20)14-29-32(25)16(2)3/h6-12,14,16H,5,13,15H2,1-4H3,(H,28,33). The zero-order chi connectivity index (χ0) is 25.1. The van der Waals surface area contributed by atoms with Gasteiger partial charge in [0.1, 0.15) is 5.82 Å². The highest BCUT2D eigenvalue weighted by molar-refractivity contribution is 7.15. The molecule has 0 spiro atoms. The van der Waals surface area contributed by atoms with Crippen molar-refractivity contribution in [3.63, 3.8) is 0 Å². The first-order chi connectivity index (χ1) is 16.8. The first-order valence-electron chi connectivity index (χ1n) is 11.5. The number of aryl methyl sites for hydroxylation is 1. The number of nitrogens with one attached hydrogen (secondary N) is 1. The summed E-state index contributed by atoms with van der Waals surface area (Å²) in [5.41, 5.74) is 2.60. The monoisotopic (exact) mass is 493 g/mol. The summed E-state index contributed by atoms with van der Waals surface area (Å²) in [4.78, 5) is 34.7. The number of amides is 2. The Morgan fingerprint density at radius 2 is 1.91 bits per heavy atom. The first-order valence-corrected chi connectivity index (χ1v) is 12.3. The zero-order valence-electron chi connectivity index (χ0n) is 20.2. The van der Waals surface area contributed by atoms with E-state index < -0.39 is 0 Å². The summed E-state index contributed by atoms with van der Waals surface area (Å²) >= 11 is 1.61. The highest BCUT2D eigenvalue weighted by Crippen LogP contribution is 2.31. The van der Waals surface area contributed by atoms with Gasteiger partial charge in [0.05, 0.1) is 34.3 Å². The van der Waals surface area contributed by atoms with Gasteiger partial charge in [-0.2, -0.15) is 5.10 Å². The Bertz CT molecular complexity index is 1360. The normalized spacial score (nSPS) is 11.3. The van der Waals surface area contributed by atoms with Crippen LogP contribution in [0.1, 0.15) is 47.6 Å². The van der Waals surface area contributed by atoms with Gasteiger partial charge in [-0.05, 0) is 63.6 Å². The Hall–Kier alpha value is -3.59. The molecule has 0 unspecified atom stereocenters. The third-order valence-electron chi connectivity index (χ3n) is 5.69. The van der Waals surface area contributed by atoms with E-state index in [0.717, 1.165) is 15.3 Å². The quantitative estimate of drug-likeness (QED) is 0.376. The zero-order valence-corrected chi connectivity index (χ0v) is 21.0. The van der Waals surface area contributed by atoms with Crippen LogP contribution in [0.15, 0.2) is 48.7 Å². The van der Waals surface area contributed by atoms with Crippen LogP contribution in [-0.4, -0.2) is 44.6 Å². The fraction of sp³-hybridized carbons (Fsp3) is 0.308. The highest BCUT2D eigenvalue weighted by Gasteiger charge is 2.23. The smallest absolute Gasteiger partial charge is 0.255 e. The molecule has 0 aliphatic carbocycles. The van der Waals surface area contributed by atoms with Gasteiger partial charge >= 0.3 is 0 Å². The van der Waals surface area contributed by atoms with E-state index >= 15 is 0 Å². The number of likely N-dealkylation sites (N-methyl/N-ethyl adjacent to an activating group) is 1. The molecule has 4 aromatic rings. The largest absolute Gasteiger partial charge is 0.350 e. The molecule has 4 rings (SSSR count). The van der Waals surface area contributed by atoms with E-state index in [1.54, 1.807) is 35.7 Å². The van der Waals surface area contributed by atoms with Crippen molar-refractivity contribution >= 4 is 34.2 Å². The van der Waals surface area contributed by atoms with Gasteiger partial charge in [0.25, 0.3) is 5.91 Å². The molecule has 1 N–H and O–H groups in total. The van der Waals surface area contributed by atoms with Gasteiger partial charge in [-0.1, -0.05) is 12.1 Å². The summed E-state index contributed by atoms with van der Waals surface area (Å²) in [6.07, 6.45) is 1.67. The predicted octanol–water partition coefficient (Wildman–Crippen LogP) is 4.97. The number of fused-ring (bicyclic) bond motifs is 1. The van der Waals surface area contributed by atoms with Gasteiger partial charge in [-0.3, -0.25) is 9.59 Å². The molecule has 0 radical (unpaired) electrons. The van der Waals surface area contributed by atoms with E-state index in [-0.39, 0.29) is 36.8 Å². The van der Waals surface area contributed by atoms with E-state index in [9.17, 15) is 14.0 Å². The lowest BCUT2D eigenvalue weighted by Gasteiger charge is -2.21. The number of aromatic nitrogens is 3. The fourth-order valence-electron chi connectivity index (χ4n) is 3.80.